The van der Waals surface area contributed by atoms with Gasteiger partial charge in [-0.2, -0.15) is 10.5 Å². The predicted molar refractivity (Wildman–Crippen MR) is 148 cm³/mol. The van der Waals surface area contributed by atoms with Crippen LogP contribution in [0.4, 0.5) is 5.69 Å². The fraction of sp³-hybridized carbons (Fsp3) is 0.250. The molecule has 0 saturated carbocycles. The van der Waals surface area contributed by atoms with Crippen molar-refractivity contribution in [3.8, 4) is 17.9 Å². The average Bonchev–Trinajstić information content (AvgIpc) is 2.85. The van der Waals surface area contributed by atoms with Crippen molar-refractivity contribution in [3.05, 3.63) is 105 Å². The second-order valence-electron chi connectivity index (χ2n) is 9.31. The van der Waals surface area contributed by atoms with Gasteiger partial charge in [-0.1, -0.05) is 17.7 Å². The minimum Gasteiger partial charge on any atom is -0.457 e. The molecule has 0 atom stereocenters. The largest absolute Gasteiger partial charge is 0.457 e. The van der Waals surface area contributed by atoms with E-state index in [0.717, 1.165) is 57.9 Å². The van der Waals surface area contributed by atoms with Gasteiger partial charge in [0.25, 0.3) is 0 Å². The van der Waals surface area contributed by atoms with Crippen LogP contribution < -0.4 is 9.64 Å². The van der Waals surface area contributed by atoms with Crippen LogP contribution in [-0.4, -0.2) is 13.1 Å². The highest BCUT2D eigenvalue weighted by Gasteiger charge is 2.21. The first kappa shape index (κ1) is 25.6. The van der Waals surface area contributed by atoms with Gasteiger partial charge < -0.3 is 14.4 Å². The number of ether oxygens (including phenoxy) is 2. The Hall–Kier alpha value is -4.48. The van der Waals surface area contributed by atoms with E-state index in [-0.39, 0.29) is 5.57 Å². The van der Waals surface area contributed by atoms with Crippen molar-refractivity contribution >= 4 is 17.0 Å². The zero-order valence-corrected chi connectivity index (χ0v) is 22.3. The topological polar surface area (TPSA) is 69.3 Å². The predicted octanol–water partition coefficient (Wildman–Crippen LogP) is 7.44. The van der Waals surface area contributed by atoms with Crippen LogP contribution in [0.2, 0.25) is 0 Å². The van der Waals surface area contributed by atoms with Crippen LogP contribution >= 0.6 is 0 Å². The van der Waals surface area contributed by atoms with E-state index in [1.54, 1.807) is 12.2 Å². The second kappa shape index (κ2) is 10.6. The fourth-order valence-corrected chi connectivity index (χ4v) is 4.95. The van der Waals surface area contributed by atoms with Crippen LogP contribution in [0.15, 0.2) is 77.3 Å². The summed E-state index contributed by atoms with van der Waals surface area (Å²) in [5.41, 5.74) is 8.04. The Morgan fingerprint density at radius 3 is 2.19 bits per heavy atom. The number of benzene rings is 2. The Labute approximate surface area is 219 Å². The van der Waals surface area contributed by atoms with Gasteiger partial charge in [0.2, 0.25) is 0 Å². The van der Waals surface area contributed by atoms with Gasteiger partial charge in [0.05, 0.1) is 0 Å². The van der Waals surface area contributed by atoms with E-state index in [0.29, 0.717) is 22.9 Å². The summed E-state index contributed by atoms with van der Waals surface area (Å²) >= 11 is 0. The van der Waals surface area contributed by atoms with Crippen LogP contribution in [0.25, 0.3) is 11.3 Å². The van der Waals surface area contributed by atoms with Gasteiger partial charge in [0.15, 0.2) is 0 Å². The molecule has 5 heteroatoms. The number of anilines is 1. The second-order valence-corrected chi connectivity index (χ2v) is 9.31. The van der Waals surface area contributed by atoms with Gasteiger partial charge >= 0.3 is 0 Å². The van der Waals surface area contributed by atoms with Gasteiger partial charge in [-0.25, -0.2) is 0 Å². The number of nitrogens with zero attached hydrogens (tertiary/aromatic N) is 3. The number of hydrogen-bond acceptors (Lipinski definition) is 5. The molecular weight excluding hydrogens is 458 g/mol. The molecule has 186 valence electrons. The number of allylic oxidation sites excluding steroid dienone is 7. The number of fused-ring (bicyclic) bond motifs is 1. The molecule has 2 aliphatic heterocycles. The first-order chi connectivity index (χ1) is 17.8. The maximum absolute atomic E-state index is 9.56. The summed E-state index contributed by atoms with van der Waals surface area (Å²) in [6.45, 7) is 14.3. The molecule has 0 saturated heterocycles. The van der Waals surface area contributed by atoms with Crippen molar-refractivity contribution in [2.75, 3.05) is 18.0 Å². The smallest absolute Gasteiger partial charge is 0.137 e. The standard InChI is InChI=1S/C32H31N3O2/c1-7-35(8-2)26-9-10-29-21(4)13-27(36-30(29)16-26)17-28-14-24(25(18-33)19-34)15-31(37-28)32-22(5)11-20(3)12-23(32)6/h9-17H,7-8H2,1-6H3. The van der Waals surface area contributed by atoms with E-state index in [9.17, 15) is 10.5 Å². The van der Waals surface area contributed by atoms with Crippen molar-refractivity contribution in [3.63, 3.8) is 0 Å². The van der Waals surface area contributed by atoms with Crippen LogP contribution in [0.5, 0.6) is 5.75 Å². The Morgan fingerprint density at radius 2 is 1.57 bits per heavy atom. The molecule has 0 aliphatic carbocycles. The summed E-state index contributed by atoms with van der Waals surface area (Å²) in [5, 5.41) is 19.1. The Morgan fingerprint density at radius 1 is 0.892 bits per heavy atom. The normalized spacial score (nSPS) is 15.3. The highest BCUT2D eigenvalue weighted by molar-refractivity contribution is 5.77. The van der Waals surface area contributed by atoms with Crippen LogP contribution in [-0.2, 0) is 4.74 Å². The van der Waals surface area contributed by atoms with Crippen molar-refractivity contribution in [1.82, 2.24) is 0 Å². The zero-order chi connectivity index (χ0) is 26.7. The lowest BCUT2D eigenvalue weighted by Gasteiger charge is -2.25. The molecule has 0 bridgehead atoms. The Balaban J connectivity index is 1.77. The quantitative estimate of drug-likeness (QED) is 0.408. The van der Waals surface area contributed by atoms with Gasteiger partial charge in [-0.15, -0.1) is 0 Å². The molecule has 0 spiro atoms. The molecule has 2 aliphatic rings. The molecule has 2 heterocycles. The molecule has 2 aromatic rings. The minimum atomic E-state index is 0.0320. The average molecular weight is 490 g/mol. The molecule has 5 nitrogen and oxygen atoms in total. The molecule has 0 amide bonds. The van der Waals surface area contributed by atoms with Crippen molar-refractivity contribution in [1.29, 1.82) is 10.5 Å². The highest BCUT2D eigenvalue weighted by Crippen LogP contribution is 2.38. The first-order valence-electron chi connectivity index (χ1n) is 12.5. The summed E-state index contributed by atoms with van der Waals surface area (Å²) in [6.07, 6.45) is 7.27. The van der Waals surface area contributed by atoms with E-state index in [1.807, 2.05) is 38.1 Å². The number of rotatable bonds is 5. The van der Waals surface area contributed by atoms with E-state index in [1.165, 1.54) is 0 Å². The molecule has 0 aromatic heterocycles. The van der Waals surface area contributed by atoms with Gasteiger partial charge in [0, 0.05) is 47.6 Å². The van der Waals surface area contributed by atoms with Crippen LogP contribution in [0.1, 0.15) is 48.6 Å². The number of nitriles is 2. The summed E-state index contributed by atoms with van der Waals surface area (Å²) < 4.78 is 12.7. The summed E-state index contributed by atoms with van der Waals surface area (Å²) in [7, 11) is 0. The molecule has 37 heavy (non-hydrogen) atoms. The maximum atomic E-state index is 9.56. The number of hydrogen-bond donors (Lipinski definition) is 0. The third-order valence-corrected chi connectivity index (χ3v) is 6.64. The third kappa shape index (κ3) is 5.22. The van der Waals surface area contributed by atoms with Crippen molar-refractivity contribution in [2.45, 2.75) is 41.5 Å². The molecule has 0 radical (unpaired) electrons. The fourth-order valence-electron chi connectivity index (χ4n) is 4.95. The summed E-state index contributed by atoms with van der Waals surface area (Å²) in [5.74, 6) is 2.51. The van der Waals surface area contributed by atoms with E-state index < -0.39 is 0 Å². The lowest BCUT2D eigenvalue weighted by atomic mass is 9.95. The van der Waals surface area contributed by atoms with Crippen molar-refractivity contribution < 1.29 is 9.47 Å². The van der Waals surface area contributed by atoms with Crippen LogP contribution in [0, 0.1) is 43.4 Å². The molecular formula is C32H31N3O2. The van der Waals surface area contributed by atoms with Crippen LogP contribution in [0.3, 0.4) is 0 Å². The number of aryl methyl sites for hydroxylation is 3. The zero-order valence-electron chi connectivity index (χ0n) is 22.3. The first-order valence-corrected chi connectivity index (χ1v) is 12.5. The van der Waals surface area contributed by atoms with Gasteiger partial charge in [-0.3, -0.25) is 0 Å². The lowest BCUT2D eigenvalue weighted by Crippen LogP contribution is -2.21. The summed E-state index contributed by atoms with van der Waals surface area (Å²) in [6, 6.07) is 14.5. The maximum Gasteiger partial charge on any atom is 0.137 e. The Kier molecular flexibility index (Phi) is 7.37. The molecule has 0 N–H and O–H groups in total. The van der Waals surface area contributed by atoms with E-state index in [2.05, 4.69) is 62.9 Å². The third-order valence-electron chi connectivity index (χ3n) is 6.64. The Bertz CT molecular complexity index is 1460. The molecule has 4 rings (SSSR count). The summed E-state index contributed by atoms with van der Waals surface area (Å²) in [4.78, 5) is 2.28. The van der Waals surface area contributed by atoms with Gasteiger partial charge in [-0.05, 0) is 88.6 Å². The molecule has 2 aromatic carbocycles. The minimum absolute atomic E-state index is 0.0320. The van der Waals surface area contributed by atoms with Gasteiger partial charge in [0.1, 0.15) is 40.7 Å². The highest BCUT2D eigenvalue weighted by atomic mass is 16.5. The monoisotopic (exact) mass is 489 g/mol. The molecule has 0 fully saturated rings. The van der Waals surface area contributed by atoms with E-state index in [4.69, 9.17) is 9.47 Å². The van der Waals surface area contributed by atoms with Crippen molar-refractivity contribution in [2.24, 2.45) is 0 Å². The van der Waals surface area contributed by atoms with E-state index >= 15 is 0 Å². The SMILES string of the molecule is CCN(CC)c1ccc2c(c1)OC(=CC1=CC(=C(C#N)C#N)C=C(c3c(C)cc(C)cc3C)O1)C=C2C. The lowest BCUT2D eigenvalue weighted by molar-refractivity contribution is 0.384. The molecule has 0 unspecified atom stereocenters.